The summed E-state index contributed by atoms with van der Waals surface area (Å²) in [6.45, 7) is 1.99. The van der Waals surface area contributed by atoms with Crippen LogP contribution in [0.25, 0.3) is 0 Å². The highest BCUT2D eigenvalue weighted by atomic mass is 32.1. The van der Waals surface area contributed by atoms with Crippen LogP contribution in [0.3, 0.4) is 0 Å². The second-order valence-electron chi connectivity index (χ2n) is 6.87. The van der Waals surface area contributed by atoms with Gasteiger partial charge in [0, 0.05) is 12.6 Å². The molecule has 1 aliphatic rings. The number of benzene rings is 1. The van der Waals surface area contributed by atoms with Crippen molar-refractivity contribution in [3.8, 4) is 11.5 Å². The lowest BCUT2D eigenvalue weighted by Crippen LogP contribution is -2.27. The summed E-state index contributed by atoms with van der Waals surface area (Å²) in [5.41, 5.74) is 0. The Morgan fingerprint density at radius 2 is 2.00 bits per heavy atom. The van der Waals surface area contributed by atoms with Gasteiger partial charge < -0.3 is 14.8 Å². The van der Waals surface area contributed by atoms with Crippen molar-refractivity contribution in [1.82, 2.24) is 14.7 Å². The first-order valence-corrected chi connectivity index (χ1v) is 10.7. The summed E-state index contributed by atoms with van der Waals surface area (Å²) >= 11 is 7.04. The van der Waals surface area contributed by atoms with Crippen LogP contribution in [0.2, 0.25) is 0 Å². The summed E-state index contributed by atoms with van der Waals surface area (Å²) in [7, 11) is 3.69. The molecular formula is C19H28N4O2S2. The molecule has 1 fully saturated rings. The van der Waals surface area contributed by atoms with E-state index in [-0.39, 0.29) is 0 Å². The topological polar surface area (TPSA) is 51.6 Å². The van der Waals surface area contributed by atoms with E-state index in [4.69, 9.17) is 21.7 Å². The van der Waals surface area contributed by atoms with Crippen molar-refractivity contribution in [1.29, 1.82) is 0 Å². The highest BCUT2D eigenvalue weighted by Gasteiger charge is 2.15. The molecule has 0 atom stereocenters. The molecule has 0 unspecified atom stereocenters. The first-order valence-electron chi connectivity index (χ1n) is 9.44. The molecule has 1 aromatic heterocycles. The standard InChI is InChI=1S/C19H28N4O2S2/c1-22(12-13-25-17-11-7-6-10-16(17)24-2)14-23-19(26)27-18(21-23)20-15-8-4-3-5-9-15/h6-7,10-11,15H,3-5,8-9,12-14H2,1-2H3,(H,20,21). The molecule has 6 nitrogen and oxygen atoms in total. The number of hydrogen-bond acceptors (Lipinski definition) is 7. The number of methoxy groups -OCH3 is 1. The van der Waals surface area contributed by atoms with Crippen LogP contribution in [0.1, 0.15) is 32.1 Å². The van der Waals surface area contributed by atoms with Gasteiger partial charge in [-0.2, -0.15) is 0 Å². The van der Waals surface area contributed by atoms with Gasteiger partial charge in [-0.25, -0.2) is 4.68 Å². The summed E-state index contributed by atoms with van der Waals surface area (Å²) < 4.78 is 13.8. The number of ether oxygens (including phenoxy) is 2. The quantitative estimate of drug-likeness (QED) is 0.621. The average Bonchev–Trinajstić information content (AvgIpc) is 3.01. The number of likely N-dealkylation sites (N-methyl/N-ethyl adjacent to an activating group) is 1. The molecule has 1 saturated carbocycles. The molecule has 1 aromatic carbocycles. The molecule has 1 aliphatic carbocycles. The maximum Gasteiger partial charge on any atom is 0.204 e. The Kier molecular flexibility index (Phi) is 7.49. The fraction of sp³-hybridized carbons (Fsp3) is 0.579. The van der Waals surface area contributed by atoms with Gasteiger partial charge in [-0.1, -0.05) is 42.7 Å². The summed E-state index contributed by atoms with van der Waals surface area (Å²) in [6.07, 6.45) is 6.42. The average molecular weight is 409 g/mol. The fourth-order valence-corrected chi connectivity index (χ4v) is 4.29. The Balaban J connectivity index is 1.47. The molecule has 0 amide bonds. The highest BCUT2D eigenvalue weighted by Crippen LogP contribution is 2.26. The largest absolute Gasteiger partial charge is 0.493 e. The zero-order valence-corrected chi connectivity index (χ0v) is 17.7. The van der Waals surface area contributed by atoms with Crippen LogP contribution in [-0.2, 0) is 6.67 Å². The van der Waals surface area contributed by atoms with Crippen molar-refractivity contribution in [2.45, 2.75) is 44.8 Å². The smallest absolute Gasteiger partial charge is 0.204 e. The van der Waals surface area contributed by atoms with E-state index >= 15 is 0 Å². The molecule has 0 radical (unpaired) electrons. The molecule has 0 aliphatic heterocycles. The van der Waals surface area contributed by atoms with Gasteiger partial charge in [-0.05, 0) is 44.2 Å². The molecule has 1 heterocycles. The Morgan fingerprint density at radius 3 is 2.74 bits per heavy atom. The van der Waals surface area contributed by atoms with E-state index in [1.54, 1.807) is 18.4 Å². The molecular weight excluding hydrogens is 380 g/mol. The van der Waals surface area contributed by atoms with Crippen LogP contribution in [-0.4, -0.2) is 48.0 Å². The first-order chi connectivity index (χ1) is 13.2. The van der Waals surface area contributed by atoms with Crippen LogP contribution in [0, 0.1) is 3.95 Å². The van der Waals surface area contributed by atoms with Gasteiger partial charge in [0.2, 0.25) is 5.13 Å². The van der Waals surface area contributed by atoms with E-state index < -0.39 is 0 Å². The lowest BCUT2D eigenvalue weighted by atomic mass is 9.96. The maximum absolute atomic E-state index is 5.84. The number of aromatic nitrogens is 2. The number of nitrogens with zero attached hydrogens (tertiary/aromatic N) is 3. The molecule has 0 saturated heterocycles. The van der Waals surface area contributed by atoms with Crippen molar-refractivity contribution in [2.24, 2.45) is 0 Å². The second-order valence-corrected chi connectivity index (χ2v) is 8.49. The van der Waals surface area contributed by atoms with Crippen LogP contribution in [0.15, 0.2) is 24.3 Å². The minimum atomic E-state index is 0.541. The molecule has 27 heavy (non-hydrogen) atoms. The minimum Gasteiger partial charge on any atom is -0.493 e. The van der Waals surface area contributed by atoms with Gasteiger partial charge in [0.05, 0.1) is 13.8 Å². The zero-order chi connectivity index (χ0) is 19.1. The number of anilines is 1. The summed E-state index contributed by atoms with van der Waals surface area (Å²) in [4.78, 5) is 2.15. The SMILES string of the molecule is COc1ccccc1OCCN(C)Cn1nc(NC2CCCCC2)sc1=S. The van der Waals surface area contributed by atoms with E-state index in [2.05, 4.69) is 15.3 Å². The number of hydrogen-bond donors (Lipinski definition) is 1. The van der Waals surface area contributed by atoms with E-state index in [1.165, 1.54) is 32.1 Å². The third-order valence-corrected chi connectivity index (χ3v) is 5.95. The van der Waals surface area contributed by atoms with Gasteiger partial charge in [0.1, 0.15) is 6.61 Å². The normalized spacial score (nSPS) is 15.1. The minimum absolute atomic E-state index is 0.541. The maximum atomic E-state index is 5.84. The van der Waals surface area contributed by atoms with E-state index in [0.717, 1.165) is 27.1 Å². The molecule has 3 rings (SSSR count). The Morgan fingerprint density at radius 1 is 1.26 bits per heavy atom. The van der Waals surface area contributed by atoms with Crippen molar-refractivity contribution >= 4 is 28.7 Å². The summed E-state index contributed by atoms with van der Waals surface area (Å²) in [5, 5.41) is 9.15. The van der Waals surface area contributed by atoms with Crippen LogP contribution in [0.4, 0.5) is 5.13 Å². The Labute approximate surface area is 170 Å². The summed E-state index contributed by atoms with van der Waals surface area (Å²) in [6, 6.07) is 8.23. The van der Waals surface area contributed by atoms with E-state index in [9.17, 15) is 0 Å². The lowest BCUT2D eigenvalue weighted by molar-refractivity contribution is 0.195. The molecule has 8 heteroatoms. The van der Waals surface area contributed by atoms with Crippen LogP contribution < -0.4 is 14.8 Å². The first kappa shape index (κ1) is 20.1. The molecule has 0 spiro atoms. The zero-order valence-electron chi connectivity index (χ0n) is 16.0. The van der Waals surface area contributed by atoms with Crippen molar-refractivity contribution < 1.29 is 9.47 Å². The van der Waals surface area contributed by atoms with Gasteiger partial charge in [-0.15, -0.1) is 5.10 Å². The van der Waals surface area contributed by atoms with Gasteiger partial charge in [0.25, 0.3) is 0 Å². The second kappa shape index (κ2) is 10.1. The monoisotopic (exact) mass is 408 g/mol. The number of rotatable bonds is 9. The molecule has 1 N–H and O–H groups in total. The van der Waals surface area contributed by atoms with Crippen molar-refractivity contribution in [3.05, 3.63) is 28.2 Å². The third kappa shape index (κ3) is 5.92. The predicted octanol–water partition coefficient (Wildman–Crippen LogP) is 4.40. The predicted molar refractivity (Wildman–Crippen MR) is 113 cm³/mol. The van der Waals surface area contributed by atoms with Gasteiger partial charge in [-0.3, -0.25) is 4.90 Å². The Bertz CT molecular complexity index is 771. The number of para-hydroxylation sites is 2. The van der Waals surface area contributed by atoms with Crippen molar-refractivity contribution in [2.75, 3.05) is 32.6 Å². The number of nitrogens with one attached hydrogen (secondary N) is 1. The van der Waals surface area contributed by atoms with E-state index in [0.29, 0.717) is 19.3 Å². The third-order valence-electron chi connectivity index (χ3n) is 4.71. The Hall–Kier alpha value is -1.64. The van der Waals surface area contributed by atoms with Gasteiger partial charge in [0.15, 0.2) is 15.5 Å². The van der Waals surface area contributed by atoms with Crippen LogP contribution in [0.5, 0.6) is 11.5 Å². The van der Waals surface area contributed by atoms with Crippen molar-refractivity contribution in [3.63, 3.8) is 0 Å². The molecule has 2 aromatic rings. The van der Waals surface area contributed by atoms with Gasteiger partial charge >= 0.3 is 0 Å². The highest BCUT2D eigenvalue weighted by molar-refractivity contribution is 7.73. The lowest BCUT2D eigenvalue weighted by Gasteiger charge is -2.22. The van der Waals surface area contributed by atoms with E-state index in [1.807, 2.05) is 36.0 Å². The molecule has 0 bridgehead atoms. The van der Waals surface area contributed by atoms with Crippen LogP contribution >= 0.6 is 23.6 Å². The molecule has 148 valence electrons. The summed E-state index contributed by atoms with van der Waals surface area (Å²) in [5.74, 6) is 1.51. The fourth-order valence-electron chi connectivity index (χ4n) is 3.22.